The lowest BCUT2D eigenvalue weighted by atomic mass is 9.86. The number of sulfonamides is 1. The Morgan fingerprint density at radius 3 is 2.19 bits per heavy atom. The van der Waals surface area contributed by atoms with Crippen LogP contribution in [-0.4, -0.2) is 57.0 Å². The fourth-order valence-electron chi connectivity index (χ4n) is 4.14. The molecule has 1 aromatic carbocycles. The molecule has 0 bridgehead atoms. The zero-order chi connectivity index (χ0) is 18.9. The standard InChI is InChI=1S/C20H32N2O3S/c1-20(2,3)18-15-17(7-8-19(18)25-4)26(23,24)22-13-9-16(10-14-22)21-11-5-6-12-21/h7-8,15-16H,5-6,9-14H2,1-4H3. The summed E-state index contributed by atoms with van der Waals surface area (Å²) in [6.45, 7) is 9.78. The maximum absolute atomic E-state index is 13.2. The van der Waals surface area contributed by atoms with E-state index in [1.807, 2.05) is 0 Å². The Hall–Kier alpha value is -1.11. The third-order valence-electron chi connectivity index (χ3n) is 5.70. The molecule has 2 heterocycles. The minimum Gasteiger partial charge on any atom is -0.496 e. The van der Waals surface area contributed by atoms with Crippen molar-refractivity contribution in [3.8, 4) is 5.75 Å². The van der Waals surface area contributed by atoms with Gasteiger partial charge in [-0.2, -0.15) is 4.31 Å². The lowest BCUT2D eigenvalue weighted by Gasteiger charge is -2.36. The van der Waals surface area contributed by atoms with E-state index >= 15 is 0 Å². The van der Waals surface area contributed by atoms with Crippen LogP contribution >= 0.6 is 0 Å². The van der Waals surface area contributed by atoms with Gasteiger partial charge in [-0.15, -0.1) is 0 Å². The lowest BCUT2D eigenvalue weighted by Crippen LogP contribution is -2.45. The average molecular weight is 381 g/mol. The summed E-state index contributed by atoms with van der Waals surface area (Å²) >= 11 is 0. The summed E-state index contributed by atoms with van der Waals surface area (Å²) in [6, 6.07) is 5.80. The molecule has 3 rings (SSSR count). The van der Waals surface area contributed by atoms with Gasteiger partial charge in [0.2, 0.25) is 10.0 Å². The molecule has 2 saturated heterocycles. The Bertz CT molecular complexity index is 726. The Morgan fingerprint density at radius 1 is 1.04 bits per heavy atom. The van der Waals surface area contributed by atoms with E-state index in [-0.39, 0.29) is 5.41 Å². The summed E-state index contributed by atoms with van der Waals surface area (Å²) in [7, 11) is -1.83. The SMILES string of the molecule is COc1ccc(S(=O)(=O)N2CCC(N3CCCC3)CC2)cc1C(C)(C)C. The van der Waals surface area contributed by atoms with E-state index in [1.54, 1.807) is 29.6 Å². The second-order valence-electron chi connectivity index (χ2n) is 8.49. The number of likely N-dealkylation sites (tertiary alicyclic amines) is 1. The van der Waals surface area contributed by atoms with Gasteiger partial charge in [-0.3, -0.25) is 0 Å². The van der Waals surface area contributed by atoms with E-state index in [0.29, 0.717) is 24.0 Å². The van der Waals surface area contributed by atoms with Gasteiger partial charge in [0.1, 0.15) is 5.75 Å². The van der Waals surface area contributed by atoms with Crippen LogP contribution in [-0.2, 0) is 15.4 Å². The van der Waals surface area contributed by atoms with Gasteiger partial charge in [0.25, 0.3) is 0 Å². The highest BCUT2D eigenvalue weighted by Crippen LogP contribution is 2.34. The molecular formula is C20H32N2O3S. The van der Waals surface area contributed by atoms with Crippen molar-refractivity contribution in [1.82, 2.24) is 9.21 Å². The Kier molecular flexibility index (Phi) is 5.66. The summed E-state index contributed by atoms with van der Waals surface area (Å²) in [5, 5.41) is 0. The molecule has 0 aliphatic carbocycles. The molecule has 6 heteroatoms. The van der Waals surface area contributed by atoms with Gasteiger partial charge in [-0.05, 0) is 62.4 Å². The van der Waals surface area contributed by atoms with Crippen molar-refractivity contribution in [2.24, 2.45) is 0 Å². The van der Waals surface area contributed by atoms with Crippen molar-refractivity contribution in [3.05, 3.63) is 23.8 Å². The first-order valence-electron chi connectivity index (χ1n) is 9.66. The van der Waals surface area contributed by atoms with Gasteiger partial charge in [0, 0.05) is 24.7 Å². The summed E-state index contributed by atoms with van der Waals surface area (Å²) in [4.78, 5) is 2.91. The fourth-order valence-corrected chi connectivity index (χ4v) is 5.63. The van der Waals surface area contributed by atoms with Crippen molar-refractivity contribution in [2.75, 3.05) is 33.3 Å². The molecule has 0 atom stereocenters. The molecular weight excluding hydrogens is 348 g/mol. The van der Waals surface area contributed by atoms with Crippen LogP contribution in [0.2, 0.25) is 0 Å². The predicted molar refractivity (Wildman–Crippen MR) is 104 cm³/mol. The highest BCUT2D eigenvalue weighted by molar-refractivity contribution is 7.89. The van der Waals surface area contributed by atoms with Crippen molar-refractivity contribution in [3.63, 3.8) is 0 Å². The van der Waals surface area contributed by atoms with Crippen LogP contribution in [0.4, 0.5) is 0 Å². The number of nitrogens with zero attached hydrogens (tertiary/aromatic N) is 2. The molecule has 0 aromatic heterocycles. The lowest BCUT2D eigenvalue weighted by molar-refractivity contribution is 0.168. The van der Waals surface area contributed by atoms with E-state index in [9.17, 15) is 8.42 Å². The maximum Gasteiger partial charge on any atom is 0.243 e. The molecule has 0 radical (unpaired) electrons. The molecule has 0 saturated carbocycles. The molecule has 26 heavy (non-hydrogen) atoms. The Morgan fingerprint density at radius 2 is 1.65 bits per heavy atom. The van der Waals surface area contributed by atoms with Crippen molar-refractivity contribution in [1.29, 1.82) is 0 Å². The van der Waals surface area contributed by atoms with Gasteiger partial charge in [0.05, 0.1) is 12.0 Å². The quantitative estimate of drug-likeness (QED) is 0.805. The van der Waals surface area contributed by atoms with E-state index in [4.69, 9.17) is 4.74 Å². The van der Waals surface area contributed by atoms with Crippen LogP contribution in [0, 0.1) is 0 Å². The first-order chi connectivity index (χ1) is 12.2. The van der Waals surface area contributed by atoms with Crippen LogP contribution in [0.1, 0.15) is 52.0 Å². The molecule has 0 unspecified atom stereocenters. The van der Waals surface area contributed by atoms with Gasteiger partial charge < -0.3 is 9.64 Å². The number of hydrogen-bond acceptors (Lipinski definition) is 4. The first kappa shape index (κ1) is 19.6. The Balaban J connectivity index is 1.78. The zero-order valence-electron chi connectivity index (χ0n) is 16.5. The van der Waals surface area contributed by atoms with Crippen molar-refractivity contribution >= 4 is 10.0 Å². The molecule has 0 spiro atoms. The second kappa shape index (κ2) is 7.49. The minimum absolute atomic E-state index is 0.181. The Labute approximate surface area is 158 Å². The smallest absolute Gasteiger partial charge is 0.243 e. The average Bonchev–Trinajstić information content (AvgIpc) is 3.15. The van der Waals surface area contributed by atoms with E-state index in [0.717, 1.165) is 24.2 Å². The van der Waals surface area contributed by atoms with E-state index in [1.165, 1.54) is 25.9 Å². The predicted octanol–water partition coefficient (Wildman–Crippen LogP) is 3.24. The zero-order valence-corrected chi connectivity index (χ0v) is 17.3. The summed E-state index contributed by atoms with van der Waals surface area (Å²) in [5.41, 5.74) is 0.743. The van der Waals surface area contributed by atoms with E-state index < -0.39 is 10.0 Å². The summed E-state index contributed by atoms with van der Waals surface area (Å²) in [6.07, 6.45) is 4.42. The van der Waals surface area contributed by atoms with Crippen molar-refractivity contribution in [2.45, 2.75) is 62.8 Å². The summed E-state index contributed by atoms with van der Waals surface area (Å²) in [5.74, 6) is 0.740. The molecule has 2 aliphatic heterocycles. The largest absolute Gasteiger partial charge is 0.496 e. The number of piperidine rings is 1. The molecule has 2 aliphatic rings. The molecule has 1 aromatic rings. The highest BCUT2D eigenvalue weighted by atomic mass is 32.2. The minimum atomic E-state index is -3.46. The van der Waals surface area contributed by atoms with Gasteiger partial charge in [-0.25, -0.2) is 8.42 Å². The fraction of sp³-hybridized carbons (Fsp3) is 0.700. The van der Waals surface area contributed by atoms with Crippen LogP contribution in [0.25, 0.3) is 0 Å². The van der Waals surface area contributed by atoms with Crippen LogP contribution in [0.15, 0.2) is 23.1 Å². The first-order valence-corrected chi connectivity index (χ1v) is 11.1. The highest BCUT2D eigenvalue weighted by Gasteiger charge is 2.33. The van der Waals surface area contributed by atoms with Gasteiger partial charge in [0.15, 0.2) is 0 Å². The molecule has 5 nitrogen and oxygen atoms in total. The topological polar surface area (TPSA) is 49.9 Å². The summed E-state index contributed by atoms with van der Waals surface area (Å²) < 4.78 is 33.4. The molecule has 2 fully saturated rings. The number of methoxy groups -OCH3 is 1. The number of ether oxygens (including phenoxy) is 1. The third-order valence-corrected chi connectivity index (χ3v) is 7.59. The third kappa shape index (κ3) is 3.92. The van der Waals surface area contributed by atoms with Gasteiger partial charge >= 0.3 is 0 Å². The number of hydrogen-bond donors (Lipinski definition) is 0. The van der Waals surface area contributed by atoms with Crippen LogP contribution < -0.4 is 4.74 Å². The molecule has 0 N–H and O–H groups in total. The number of rotatable bonds is 4. The van der Waals surface area contributed by atoms with Crippen LogP contribution in [0.5, 0.6) is 5.75 Å². The molecule has 146 valence electrons. The van der Waals surface area contributed by atoms with Crippen LogP contribution in [0.3, 0.4) is 0 Å². The van der Waals surface area contributed by atoms with Crippen molar-refractivity contribution < 1.29 is 13.2 Å². The number of benzene rings is 1. The second-order valence-corrected chi connectivity index (χ2v) is 10.4. The normalized spacial score (nSPS) is 21.2. The van der Waals surface area contributed by atoms with Gasteiger partial charge in [-0.1, -0.05) is 20.8 Å². The molecule has 0 amide bonds. The maximum atomic E-state index is 13.2. The monoisotopic (exact) mass is 380 g/mol. The van der Waals surface area contributed by atoms with E-state index in [2.05, 4.69) is 25.7 Å².